The van der Waals surface area contributed by atoms with E-state index in [4.69, 9.17) is 0 Å². The average molecular weight is 549 g/mol. The largest absolute Gasteiger partial charge is 0.384 e. The molecule has 1 heterocycles. The summed E-state index contributed by atoms with van der Waals surface area (Å²) < 4.78 is 27.8. The van der Waals surface area contributed by atoms with E-state index in [1.165, 1.54) is 5.56 Å². The standard InChI is InChI=1S/C31H40N4O3S/c1-4-34(5-2)31(36)27-22-30(39(37,38)24-26-14-10-7-11-15-26)28(32-17-16-25-12-8-6-9-13-25)23-29(27)35-20-18-33(3)19-21-35/h6-15,22-23,32H,4-5,16-21,24H2,1-3H3. The van der Waals surface area contributed by atoms with Gasteiger partial charge in [-0.05, 0) is 50.6 Å². The minimum absolute atomic E-state index is 0.131. The second-order valence-corrected chi connectivity index (χ2v) is 12.0. The number of sulfone groups is 1. The molecule has 1 amide bonds. The highest BCUT2D eigenvalue weighted by Gasteiger charge is 2.28. The Bertz CT molecular complexity index is 1340. The van der Waals surface area contributed by atoms with E-state index in [0.717, 1.165) is 38.3 Å². The molecule has 1 saturated heterocycles. The number of piperazine rings is 1. The van der Waals surface area contributed by atoms with E-state index in [2.05, 4.69) is 34.3 Å². The van der Waals surface area contributed by atoms with Gasteiger partial charge in [-0.25, -0.2) is 8.42 Å². The first-order valence-corrected chi connectivity index (χ1v) is 15.4. The molecule has 7 nitrogen and oxygen atoms in total. The first-order chi connectivity index (χ1) is 18.8. The molecule has 0 bridgehead atoms. The van der Waals surface area contributed by atoms with Crippen molar-refractivity contribution in [2.75, 3.05) is 63.1 Å². The molecule has 8 heteroatoms. The Balaban J connectivity index is 1.79. The second kappa shape index (κ2) is 13.1. The summed E-state index contributed by atoms with van der Waals surface area (Å²) in [4.78, 5) is 20.2. The van der Waals surface area contributed by atoms with Crippen molar-refractivity contribution < 1.29 is 13.2 Å². The number of carbonyl (C=O) groups excluding carboxylic acids is 1. The first-order valence-electron chi connectivity index (χ1n) is 13.8. The highest BCUT2D eigenvalue weighted by atomic mass is 32.2. The van der Waals surface area contributed by atoms with Crippen LogP contribution in [0.5, 0.6) is 0 Å². The van der Waals surface area contributed by atoms with Crippen LogP contribution in [0.4, 0.5) is 11.4 Å². The number of amides is 1. The summed E-state index contributed by atoms with van der Waals surface area (Å²) in [5, 5.41) is 3.42. The third kappa shape index (κ3) is 7.19. The molecule has 208 valence electrons. The van der Waals surface area contributed by atoms with Crippen LogP contribution in [0, 0.1) is 0 Å². The third-order valence-electron chi connectivity index (χ3n) is 7.33. The number of likely N-dealkylation sites (N-methyl/N-ethyl adjacent to an activating group) is 1. The minimum Gasteiger partial charge on any atom is -0.384 e. The smallest absolute Gasteiger partial charge is 0.255 e. The van der Waals surface area contributed by atoms with Gasteiger partial charge < -0.3 is 20.0 Å². The molecule has 0 aliphatic carbocycles. The highest BCUT2D eigenvalue weighted by Crippen LogP contribution is 2.34. The van der Waals surface area contributed by atoms with Crippen LogP contribution in [0.25, 0.3) is 0 Å². The number of benzene rings is 3. The zero-order valence-electron chi connectivity index (χ0n) is 23.3. The van der Waals surface area contributed by atoms with E-state index < -0.39 is 9.84 Å². The van der Waals surface area contributed by atoms with E-state index >= 15 is 0 Å². The molecular formula is C31H40N4O3S. The summed E-state index contributed by atoms with van der Waals surface area (Å²) in [7, 11) is -1.66. The van der Waals surface area contributed by atoms with Gasteiger partial charge in [-0.15, -0.1) is 0 Å². The van der Waals surface area contributed by atoms with Gasteiger partial charge >= 0.3 is 0 Å². The second-order valence-electron chi connectivity index (χ2n) is 10.0. The summed E-state index contributed by atoms with van der Waals surface area (Å²) in [5.41, 5.74) is 3.68. The summed E-state index contributed by atoms with van der Waals surface area (Å²) in [6.07, 6.45) is 0.753. The van der Waals surface area contributed by atoms with Crippen LogP contribution in [0.2, 0.25) is 0 Å². The van der Waals surface area contributed by atoms with Gasteiger partial charge in [-0.1, -0.05) is 60.7 Å². The van der Waals surface area contributed by atoms with E-state index in [-0.39, 0.29) is 16.6 Å². The maximum atomic E-state index is 13.9. The van der Waals surface area contributed by atoms with Crippen molar-refractivity contribution in [2.24, 2.45) is 0 Å². The van der Waals surface area contributed by atoms with Gasteiger partial charge in [0.2, 0.25) is 0 Å². The number of carbonyl (C=O) groups is 1. The van der Waals surface area contributed by atoms with Crippen LogP contribution in [0.3, 0.4) is 0 Å². The zero-order valence-corrected chi connectivity index (χ0v) is 24.1. The van der Waals surface area contributed by atoms with Gasteiger partial charge in [-0.2, -0.15) is 0 Å². The molecule has 0 spiro atoms. The lowest BCUT2D eigenvalue weighted by Crippen LogP contribution is -2.45. The topological polar surface area (TPSA) is 73.0 Å². The lowest BCUT2D eigenvalue weighted by Gasteiger charge is -2.36. The number of nitrogens with one attached hydrogen (secondary N) is 1. The molecule has 4 rings (SSSR count). The number of nitrogens with zero attached hydrogens (tertiary/aromatic N) is 3. The maximum absolute atomic E-state index is 13.9. The molecule has 0 aromatic heterocycles. The molecule has 1 aliphatic heterocycles. The van der Waals surface area contributed by atoms with Crippen molar-refractivity contribution in [2.45, 2.75) is 30.9 Å². The maximum Gasteiger partial charge on any atom is 0.255 e. The Morgan fingerprint density at radius 1 is 0.872 bits per heavy atom. The van der Waals surface area contributed by atoms with Gasteiger partial charge in [0.05, 0.1) is 27.6 Å². The molecular weight excluding hydrogens is 508 g/mol. The fourth-order valence-electron chi connectivity index (χ4n) is 4.98. The quantitative estimate of drug-likeness (QED) is 0.379. The van der Waals surface area contributed by atoms with E-state index in [1.807, 2.05) is 68.4 Å². The van der Waals surface area contributed by atoms with Crippen LogP contribution in [0.1, 0.15) is 35.3 Å². The summed E-state index contributed by atoms with van der Waals surface area (Å²) in [6, 6.07) is 22.8. The van der Waals surface area contributed by atoms with Gasteiger partial charge in [0, 0.05) is 45.8 Å². The van der Waals surface area contributed by atoms with Crippen LogP contribution >= 0.6 is 0 Å². The molecule has 0 saturated carbocycles. The summed E-state index contributed by atoms with van der Waals surface area (Å²) in [5.74, 6) is -0.269. The van der Waals surface area contributed by atoms with Gasteiger partial charge in [0.25, 0.3) is 5.91 Å². The van der Waals surface area contributed by atoms with Crippen molar-refractivity contribution in [3.63, 3.8) is 0 Å². The number of hydrogen-bond acceptors (Lipinski definition) is 6. The minimum atomic E-state index is -3.75. The Hall–Kier alpha value is -3.36. The lowest BCUT2D eigenvalue weighted by atomic mass is 10.1. The number of rotatable bonds is 11. The van der Waals surface area contributed by atoms with Crippen LogP contribution in [-0.2, 0) is 22.0 Å². The molecule has 0 unspecified atom stereocenters. The molecule has 3 aromatic carbocycles. The summed E-state index contributed by atoms with van der Waals surface area (Å²) >= 11 is 0. The van der Waals surface area contributed by atoms with Crippen molar-refractivity contribution in [1.29, 1.82) is 0 Å². The van der Waals surface area contributed by atoms with E-state index in [0.29, 0.717) is 36.4 Å². The molecule has 1 N–H and O–H groups in total. The molecule has 39 heavy (non-hydrogen) atoms. The number of anilines is 2. The monoisotopic (exact) mass is 548 g/mol. The third-order valence-corrected chi connectivity index (χ3v) is 9.05. The fourth-order valence-corrected chi connectivity index (χ4v) is 6.53. The predicted molar refractivity (Wildman–Crippen MR) is 159 cm³/mol. The van der Waals surface area contributed by atoms with Crippen molar-refractivity contribution in [3.05, 3.63) is 89.5 Å². The fraction of sp³-hybridized carbons (Fsp3) is 0.387. The normalized spacial score (nSPS) is 14.3. The van der Waals surface area contributed by atoms with Gasteiger partial charge in [0.1, 0.15) is 0 Å². The van der Waals surface area contributed by atoms with Crippen LogP contribution in [0.15, 0.2) is 77.7 Å². The molecule has 3 aromatic rings. The predicted octanol–water partition coefficient (Wildman–Crippen LogP) is 4.55. The number of hydrogen-bond donors (Lipinski definition) is 1. The first kappa shape index (κ1) is 28.6. The Morgan fingerprint density at radius 2 is 1.46 bits per heavy atom. The van der Waals surface area contributed by atoms with E-state index in [9.17, 15) is 13.2 Å². The Kier molecular flexibility index (Phi) is 9.64. The Labute approximate surface area is 233 Å². The zero-order chi connectivity index (χ0) is 27.8. The van der Waals surface area contributed by atoms with Gasteiger partial charge in [0.15, 0.2) is 9.84 Å². The van der Waals surface area contributed by atoms with Crippen molar-refractivity contribution in [1.82, 2.24) is 9.80 Å². The highest BCUT2D eigenvalue weighted by molar-refractivity contribution is 7.90. The van der Waals surface area contributed by atoms with Crippen LogP contribution < -0.4 is 10.2 Å². The van der Waals surface area contributed by atoms with Crippen molar-refractivity contribution >= 4 is 27.1 Å². The Morgan fingerprint density at radius 3 is 2.05 bits per heavy atom. The molecule has 0 radical (unpaired) electrons. The van der Waals surface area contributed by atoms with Crippen LogP contribution in [-0.4, -0.2) is 77.0 Å². The summed E-state index contributed by atoms with van der Waals surface area (Å²) in [6.45, 7) is 8.88. The van der Waals surface area contributed by atoms with E-state index in [1.54, 1.807) is 11.0 Å². The van der Waals surface area contributed by atoms with Crippen molar-refractivity contribution in [3.8, 4) is 0 Å². The molecule has 1 fully saturated rings. The molecule has 1 aliphatic rings. The SMILES string of the molecule is CCN(CC)C(=O)c1cc(S(=O)(=O)Cc2ccccc2)c(NCCc2ccccc2)cc1N1CCN(C)CC1. The van der Waals surface area contributed by atoms with Gasteiger partial charge in [-0.3, -0.25) is 4.79 Å². The lowest BCUT2D eigenvalue weighted by molar-refractivity contribution is 0.0773. The molecule has 0 atom stereocenters. The average Bonchev–Trinajstić information content (AvgIpc) is 2.94.